The van der Waals surface area contributed by atoms with Crippen LogP contribution in [0.2, 0.25) is 0 Å². The number of nitrogens with zero attached hydrogens (tertiary/aromatic N) is 1. The topological polar surface area (TPSA) is 168 Å². The van der Waals surface area contributed by atoms with E-state index in [1.54, 1.807) is 0 Å². The summed E-state index contributed by atoms with van der Waals surface area (Å²) < 4.78 is 29.6. The maximum absolute atomic E-state index is 13.5. The molecule has 13 nitrogen and oxygen atoms in total. The monoisotopic (exact) mass is 620 g/mol. The van der Waals surface area contributed by atoms with E-state index >= 15 is 0 Å². The largest absolute Gasteiger partial charge is 0.509 e. The van der Waals surface area contributed by atoms with Crippen molar-refractivity contribution in [3.05, 3.63) is 48.0 Å². The van der Waals surface area contributed by atoms with Gasteiger partial charge in [-0.05, 0) is 12.1 Å². The predicted octanol–water partition coefficient (Wildman–Crippen LogP) is 2.94. The molecule has 5 atom stereocenters. The van der Waals surface area contributed by atoms with E-state index in [1.807, 2.05) is 0 Å². The zero-order chi connectivity index (χ0) is 29.8. The lowest BCUT2D eigenvalue weighted by Crippen LogP contribution is -2.68. The number of ether oxygens (including phenoxy) is 6. The van der Waals surface area contributed by atoms with E-state index in [0.717, 1.165) is 13.8 Å². The standard InChI is InChI=1S/C24H23Cl3N2O11/c1-4-9-35-23(34)39-18-16(29-19(32)13-7-5-6-8-14(13)20(29)33)21(40-22(28)24(25,26)27)38-15(10-36-11(2)30)17(18)37-12(3)31/h4-8,15-18,21,28H,1,9-10H2,2-3H3/t15-,16-,17-,18-,21+/m1/s1. The highest BCUT2D eigenvalue weighted by atomic mass is 35.6. The number of carbonyl (C=O) groups is 5. The van der Waals surface area contributed by atoms with E-state index in [4.69, 9.17) is 68.6 Å². The molecule has 0 radical (unpaired) electrons. The van der Waals surface area contributed by atoms with Crippen molar-refractivity contribution in [2.45, 2.75) is 48.3 Å². The van der Waals surface area contributed by atoms with Crippen molar-refractivity contribution in [2.75, 3.05) is 13.2 Å². The number of rotatable bonds is 8. The second-order valence-corrected chi connectivity index (χ2v) is 10.6. The number of amides is 2. The molecule has 2 heterocycles. The van der Waals surface area contributed by atoms with Gasteiger partial charge in [-0.3, -0.25) is 29.5 Å². The summed E-state index contributed by atoms with van der Waals surface area (Å²) in [4.78, 5) is 63.8. The molecule has 0 aromatic heterocycles. The highest BCUT2D eigenvalue weighted by molar-refractivity contribution is 6.76. The summed E-state index contributed by atoms with van der Waals surface area (Å²) in [5, 5.41) is 8.06. The molecule has 40 heavy (non-hydrogen) atoms. The Labute approximate surface area is 242 Å². The van der Waals surface area contributed by atoms with Gasteiger partial charge in [-0.25, -0.2) is 4.79 Å². The average Bonchev–Trinajstić information content (AvgIpc) is 3.12. The van der Waals surface area contributed by atoms with Gasteiger partial charge in [0.05, 0.1) is 11.1 Å². The van der Waals surface area contributed by atoms with Gasteiger partial charge in [0.2, 0.25) is 12.2 Å². The van der Waals surface area contributed by atoms with Crippen LogP contribution >= 0.6 is 34.8 Å². The number of benzene rings is 1. The Morgan fingerprint density at radius 2 is 1.60 bits per heavy atom. The van der Waals surface area contributed by atoms with Crippen molar-refractivity contribution in [1.82, 2.24) is 4.90 Å². The van der Waals surface area contributed by atoms with Crippen molar-refractivity contribution in [3.63, 3.8) is 0 Å². The highest BCUT2D eigenvalue weighted by Crippen LogP contribution is 2.37. The highest BCUT2D eigenvalue weighted by Gasteiger charge is 2.58. The molecule has 3 rings (SSSR count). The summed E-state index contributed by atoms with van der Waals surface area (Å²) >= 11 is 17.3. The van der Waals surface area contributed by atoms with Crippen LogP contribution in [0, 0.1) is 5.41 Å². The van der Waals surface area contributed by atoms with Crippen LogP contribution in [0.4, 0.5) is 4.79 Å². The number of carbonyl (C=O) groups excluding carboxylic acids is 5. The molecule has 2 amide bonds. The van der Waals surface area contributed by atoms with E-state index in [0.29, 0.717) is 4.90 Å². The lowest BCUT2D eigenvalue weighted by molar-refractivity contribution is -0.266. The molecule has 1 aromatic carbocycles. The minimum absolute atomic E-state index is 0.00163. The second-order valence-electron chi connectivity index (χ2n) is 8.31. The van der Waals surface area contributed by atoms with Gasteiger partial charge in [-0.2, -0.15) is 0 Å². The Balaban J connectivity index is 2.16. The third-order valence-corrected chi connectivity index (χ3v) is 6.05. The SMILES string of the molecule is C=CCOC(=O)O[C@H]1[C@H](OC(C)=O)[C@@H](COC(C)=O)O[C@@H](OC(=N)C(Cl)(Cl)Cl)[C@@H]1N1C(=O)c2ccccc2C1=O. The Morgan fingerprint density at radius 3 is 2.10 bits per heavy atom. The number of fused-ring (bicyclic) bond motifs is 1. The van der Waals surface area contributed by atoms with Crippen LogP contribution in [0.5, 0.6) is 0 Å². The van der Waals surface area contributed by atoms with Crippen LogP contribution in [-0.4, -0.2) is 88.4 Å². The fraction of sp³-hybridized carbons (Fsp3) is 0.417. The minimum Gasteiger partial charge on any atom is -0.463 e. The number of halogens is 3. The van der Waals surface area contributed by atoms with Gasteiger partial charge in [-0.15, -0.1) is 0 Å². The Morgan fingerprint density at radius 1 is 1.00 bits per heavy atom. The number of hydrogen-bond donors (Lipinski definition) is 1. The van der Waals surface area contributed by atoms with Gasteiger partial charge in [0.25, 0.3) is 15.6 Å². The smallest absolute Gasteiger partial charge is 0.463 e. The zero-order valence-corrected chi connectivity index (χ0v) is 23.2. The van der Waals surface area contributed by atoms with Crippen LogP contribution in [0.15, 0.2) is 36.9 Å². The first kappa shape index (κ1) is 31.1. The zero-order valence-electron chi connectivity index (χ0n) is 21.0. The van der Waals surface area contributed by atoms with Gasteiger partial charge in [0.1, 0.15) is 25.4 Å². The quantitative estimate of drug-likeness (QED) is 0.0862. The molecule has 2 aliphatic rings. The third-order valence-electron chi connectivity index (χ3n) is 5.53. The molecule has 0 unspecified atom stereocenters. The molecular weight excluding hydrogens is 599 g/mol. The van der Waals surface area contributed by atoms with Crippen molar-refractivity contribution in [2.24, 2.45) is 0 Å². The third kappa shape index (κ3) is 7.02. The van der Waals surface area contributed by atoms with Crippen LogP contribution in [-0.2, 0) is 38.0 Å². The fourth-order valence-electron chi connectivity index (χ4n) is 4.00. The molecule has 0 spiro atoms. The lowest BCUT2D eigenvalue weighted by atomic mass is 9.95. The predicted molar refractivity (Wildman–Crippen MR) is 137 cm³/mol. The van der Waals surface area contributed by atoms with Crippen LogP contribution in [0.1, 0.15) is 34.6 Å². The molecule has 0 bridgehead atoms. The van der Waals surface area contributed by atoms with Gasteiger partial charge < -0.3 is 28.4 Å². The summed E-state index contributed by atoms with van der Waals surface area (Å²) in [6.45, 7) is 4.69. The first-order valence-electron chi connectivity index (χ1n) is 11.5. The van der Waals surface area contributed by atoms with E-state index in [2.05, 4.69) is 6.58 Å². The number of alkyl halides is 3. The molecule has 16 heteroatoms. The summed E-state index contributed by atoms with van der Waals surface area (Å²) in [7, 11) is 0. The molecule has 1 fully saturated rings. The Kier molecular flexibility index (Phi) is 10.0. The van der Waals surface area contributed by atoms with Gasteiger partial charge >= 0.3 is 18.1 Å². The van der Waals surface area contributed by atoms with Crippen molar-refractivity contribution >= 4 is 70.6 Å². The summed E-state index contributed by atoms with van der Waals surface area (Å²) in [5.74, 6) is -4.33. The summed E-state index contributed by atoms with van der Waals surface area (Å²) in [5.41, 5.74) is 0.00326. The number of nitrogens with one attached hydrogen (secondary N) is 1. The lowest BCUT2D eigenvalue weighted by Gasteiger charge is -2.46. The minimum atomic E-state index is -2.42. The molecule has 1 saturated heterocycles. The molecule has 216 valence electrons. The first-order valence-corrected chi connectivity index (χ1v) is 12.6. The van der Waals surface area contributed by atoms with E-state index in [9.17, 15) is 24.0 Å². The Hall–Kier alpha value is -3.39. The molecule has 1 aromatic rings. The molecular formula is C24H23Cl3N2O11. The second kappa shape index (κ2) is 12.9. The summed E-state index contributed by atoms with van der Waals surface area (Å²) in [6, 6.07) is 4.08. The van der Waals surface area contributed by atoms with E-state index < -0.39 is 76.8 Å². The normalized spacial score (nSPS) is 24.0. The molecule has 0 saturated carbocycles. The average molecular weight is 622 g/mol. The van der Waals surface area contributed by atoms with Gasteiger partial charge in [-0.1, -0.05) is 59.6 Å². The number of esters is 2. The summed E-state index contributed by atoms with van der Waals surface area (Å²) in [6.07, 6.45) is -6.71. The van der Waals surface area contributed by atoms with Crippen molar-refractivity contribution < 1.29 is 52.4 Å². The van der Waals surface area contributed by atoms with E-state index in [-0.39, 0.29) is 17.7 Å². The van der Waals surface area contributed by atoms with Crippen molar-refractivity contribution in [1.29, 1.82) is 5.41 Å². The van der Waals surface area contributed by atoms with Gasteiger partial charge in [0.15, 0.2) is 12.2 Å². The number of imide groups is 1. The number of hydrogen-bond acceptors (Lipinski definition) is 12. The van der Waals surface area contributed by atoms with Crippen LogP contribution in [0.25, 0.3) is 0 Å². The van der Waals surface area contributed by atoms with Crippen LogP contribution < -0.4 is 0 Å². The fourth-order valence-corrected chi connectivity index (χ4v) is 4.13. The maximum atomic E-state index is 13.5. The molecule has 0 aliphatic carbocycles. The van der Waals surface area contributed by atoms with Gasteiger partial charge in [0, 0.05) is 13.8 Å². The Bertz CT molecular complexity index is 1180. The maximum Gasteiger partial charge on any atom is 0.509 e. The van der Waals surface area contributed by atoms with E-state index in [1.165, 1.54) is 30.3 Å². The van der Waals surface area contributed by atoms with Crippen molar-refractivity contribution in [3.8, 4) is 0 Å². The first-order chi connectivity index (χ1) is 18.8. The van der Waals surface area contributed by atoms with Crippen LogP contribution in [0.3, 0.4) is 0 Å². The molecule has 1 N–H and O–H groups in total. The molecule has 2 aliphatic heterocycles.